The van der Waals surface area contributed by atoms with Crippen molar-refractivity contribution in [2.75, 3.05) is 26.3 Å². The summed E-state index contributed by atoms with van der Waals surface area (Å²) in [5.74, 6) is -0.523. The Morgan fingerprint density at radius 3 is 2.68 bits per heavy atom. The summed E-state index contributed by atoms with van der Waals surface area (Å²) in [4.78, 5) is 19.5. The highest BCUT2D eigenvalue weighted by molar-refractivity contribution is 6.09. The summed E-state index contributed by atoms with van der Waals surface area (Å²) in [6, 6.07) is 11.9. The van der Waals surface area contributed by atoms with Crippen molar-refractivity contribution in [2.45, 2.75) is 32.2 Å². The molecular formula is C26H27N5O3. The van der Waals surface area contributed by atoms with Gasteiger partial charge in [-0.15, -0.1) is 0 Å². The molecule has 8 nitrogen and oxygen atoms in total. The van der Waals surface area contributed by atoms with Gasteiger partial charge in [0.05, 0.1) is 35.6 Å². The molecule has 1 unspecified atom stereocenters. The Kier molecular flexibility index (Phi) is 5.28. The van der Waals surface area contributed by atoms with Gasteiger partial charge in [-0.2, -0.15) is 5.10 Å². The molecule has 34 heavy (non-hydrogen) atoms. The highest BCUT2D eigenvalue weighted by Crippen LogP contribution is 2.39. The molecule has 1 fully saturated rings. The van der Waals surface area contributed by atoms with Crippen LogP contribution in [0.25, 0.3) is 33.1 Å². The minimum Gasteiger partial charge on any atom is -0.379 e. The van der Waals surface area contributed by atoms with Crippen LogP contribution in [0.2, 0.25) is 0 Å². The first-order chi connectivity index (χ1) is 16.6. The first-order valence-electron chi connectivity index (χ1n) is 11.8. The SMILES string of the molecule is Cc1n[nH]c2ccc3nc(-c4ccc(C(=O)NO)cc4)c4c(c3c12)CCC(N1CCOCC1)C4. The van der Waals surface area contributed by atoms with Crippen LogP contribution < -0.4 is 5.48 Å². The number of morpholine rings is 1. The normalized spacial score (nSPS) is 18.8. The molecule has 0 spiro atoms. The van der Waals surface area contributed by atoms with Gasteiger partial charge in [-0.1, -0.05) is 12.1 Å². The number of benzene rings is 2. The molecule has 0 radical (unpaired) electrons. The monoisotopic (exact) mass is 457 g/mol. The van der Waals surface area contributed by atoms with Gasteiger partial charge in [0.25, 0.3) is 5.91 Å². The highest BCUT2D eigenvalue weighted by atomic mass is 16.5. The van der Waals surface area contributed by atoms with Gasteiger partial charge in [-0.3, -0.25) is 20.0 Å². The van der Waals surface area contributed by atoms with Crippen molar-refractivity contribution in [1.29, 1.82) is 0 Å². The van der Waals surface area contributed by atoms with Gasteiger partial charge in [0.1, 0.15) is 0 Å². The second-order valence-electron chi connectivity index (χ2n) is 9.17. The van der Waals surface area contributed by atoms with E-state index >= 15 is 0 Å². The van der Waals surface area contributed by atoms with Crippen molar-refractivity contribution in [2.24, 2.45) is 0 Å². The number of nitrogens with one attached hydrogen (secondary N) is 2. The first kappa shape index (κ1) is 21.2. The van der Waals surface area contributed by atoms with Gasteiger partial charge in [0.15, 0.2) is 0 Å². The molecule has 1 amide bonds. The number of H-pyrrole nitrogens is 1. The Hall–Kier alpha value is -3.33. The smallest absolute Gasteiger partial charge is 0.274 e. The first-order valence-corrected chi connectivity index (χ1v) is 11.8. The topological polar surface area (TPSA) is 103 Å². The molecule has 1 aliphatic carbocycles. The zero-order valence-electron chi connectivity index (χ0n) is 19.1. The van der Waals surface area contributed by atoms with Crippen molar-refractivity contribution >= 4 is 27.7 Å². The second kappa shape index (κ2) is 8.47. The fourth-order valence-electron chi connectivity index (χ4n) is 5.62. The number of amides is 1. The predicted octanol–water partition coefficient (Wildman–Crippen LogP) is 3.40. The lowest BCUT2D eigenvalue weighted by Gasteiger charge is -2.38. The molecule has 174 valence electrons. The summed E-state index contributed by atoms with van der Waals surface area (Å²) in [7, 11) is 0. The van der Waals surface area contributed by atoms with E-state index in [0.29, 0.717) is 11.6 Å². The van der Waals surface area contributed by atoms with Crippen LogP contribution >= 0.6 is 0 Å². The number of hydrogen-bond donors (Lipinski definition) is 3. The molecule has 6 rings (SSSR count). The third-order valence-electron chi connectivity index (χ3n) is 7.32. The highest BCUT2D eigenvalue weighted by Gasteiger charge is 2.30. The summed E-state index contributed by atoms with van der Waals surface area (Å²) in [5, 5.41) is 19.0. The van der Waals surface area contributed by atoms with Crippen LogP contribution in [0.4, 0.5) is 0 Å². The number of hydrogen-bond acceptors (Lipinski definition) is 6. The van der Waals surface area contributed by atoms with E-state index in [1.54, 1.807) is 17.6 Å². The summed E-state index contributed by atoms with van der Waals surface area (Å²) in [6.45, 7) is 5.55. The lowest BCUT2D eigenvalue weighted by Crippen LogP contribution is -2.46. The van der Waals surface area contributed by atoms with Gasteiger partial charge in [-0.25, -0.2) is 10.5 Å². The molecular weight excluding hydrogens is 430 g/mol. The van der Waals surface area contributed by atoms with Crippen LogP contribution in [0.5, 0.6) is 0 Å². The van der Waals surface area contributed by atoms with Crippen LogP contribution in [-0.4, -0.2) is 63.5 Å². The number of aromatic nitrogens is 3. The number of nitrogens with zero attached hydrogens (tertiary/aromatic N) is 3. The van der Waals surface area contributed by atoms with E-state index in [9.17, 15) is 4.79 Å². The molecule has 3 N–H and O–H groups in total. The fourth-order valence-corrected chi connectivity index (χ4v) is 5.62. The lowest BCUT2D eigenvalue weighted by molar-refractivity contribution is 0.0138. The van der Waals surface area contributed by atoms with Crippen LogP contribution in [0.3, 0.4) is 0 Å². The van der Waals surface area contributed by atoms with Crippen molar-refractivity contribution in [3.8, 4) is 11.3 Å². The maximum atomic E-state index is 11.8. The molecule has 4 aromatic rings. The Labute approximate surface area is 196 Å². The second-order valence-corrected chi connectivity index (χ2v) is 9.17. The van der Waals surface area contributed by atoms with Gasteiger partial charge < -0.3 is 4.74 Å². The summed E-state index contributed by atoms with van der Waals surface area (Å²) in [5.41, 5.74) is 9.68. The van der Waals surface area contributed by atoms with Crippen LogP contribution in [0.15, 0.2) is 36.4 Å². The largest absolute Gasteiger partial charge is 0.379 e. The average molecular weight is 458 g/mol. The minimum atomic E-state index is -0.523. The number of aromatic amines is 1. The van der Waals surface area contributed by atoms with Gasteiger partial charge in [0.2, 0.25) is 0 Å². The van der Waals surface area contributed by atoms with E-state index in [2.05, 4.69) is 27.2 Å². The number of carbonyl (C=O) groups excluding carboxylic acids is 1. The van der Waals surface area contributed by atoms with Crippen molar-refractivity contribution in [3.05, 3.63) is 58.8 Å². The maximum absolute atomic E-state index is 11.8. The Balaban J connectivity index is 1.53. The molecule has 2 aromatic heterocycles. The van der Waals surface area contributed by atoms with Crippen molar-refractivity contribution in [3.63, 3.8) is 0 Å². The molecule has 1 saturated heterocycles. The Bertz CT molecular complexity index is 1390. The average Bonchev–Trinajstić information content (AvgIpc) is 3.28. The Morgan fingerprint density at radius 1 is 1.12 bits per heavy atom. The van der Waals surface area contributed by atoms with E-state index in [-0.39, 0.29) is 0 Å². The standard InChI is InChI=1S/C26H27N5O3/c1-15-23-22(29-28-15)9-8-21-24(23)19-7-6-18(31-10-12-34-13-11-31)14-20(19)25(27-21)16-2-4-17(5-3-16)26(32)30-33/h2-5,8-9,18,33H,6-7,10-14H2,1H3,(H,28,29)(H,30,32). The molecule has 0 saturated carbocycles. The van der Waals surface area contributed by atoms with E-state index in [4.69, 9.17) is 14.9 Å². The number of fused-ring (bicyclic) bond motifs is 5. The molecule has 1 aliphatic heterocycles. The number of hydroxylamine groups is 1. The van der Waals surface area contributed by atoms with E-state index in [1.807, 2.05) is 19.1 Å². The van der Waals surface area contributed by atoms with Crippen LogP contribution in [0, 0.1) is 6.92 Å². The molecule has 2 aromatic carbocycles. The number of pyridine rings is 1. The van der Waals surface area contributed by atoms with E-state index in [1.165, 1.54) is 16.5 Å². The number of aryl methyl sites for hydroxylation is 2. The lowest BCUT2D eigenvalue weighted by atomic mass is 9.82. The predicted molar refractivity (Wildman–Crippen MR) is 129 cm³/mol. The van der Waals surface area contributed by atoms with Gasteiger partial charge >= 0.3 is 0 Å². The quantitative estimate of drug-likeness (QED) is 0.322. The molecule has 3 heterocycles. The van der Waals surface area contributed by atoms with Crippen molar-refractivity contribution in [1.82, 2.24) is 25.6 Å². The van der Waals surface area contributed by atoms with Crippen molar-refractivity contribution < 1.29 is 14.7 Å². The van der Waals surface area contributed by atoms with E-state index < -0.39 is 5.91 Å². The Morgan fingerprint density at radius 2 is 1.91 bits per heavy atom. The number of carbonyl (C=O) groups is 1. The number of rotatable bonds is 3. The molecule has 1 atom stereocenters. The molecule has 8 heteroatoms. The van der Waals surface area contributed by atoms with Crippen LogP contribution in [0.1, 0.15) is 33.6 Å². The number of ether oxygens (including phenoxy) is 1. The van der Waals surface area contributed by atoms with E-state index in [0.717, 1.165) is 78.9 Å². The summed E-state index contributed by atoms with van der Waals surface area (Å²) in [6.07, 6.45) is 3.02. The third-order valence-corrected chi connectivity index (χ3v) is 7.32. The maximum Gasteiger partial charge on any atom is 0.274 e. The summed E-state index contributed by atoms with van der Waals surface area (Å²) >= 11 is 0. The van der Waals surface area contributed by atoms with Gasteiger partial charge in [-0.05, 0) is 61.6 Å². The van der Waals surface area contributed by atoms with Crippen LogP contribution in [-0.2, 0) is 17.6 Å². The third kappa shape index (κ3) is 3.46. The zero-order chi connectivity index (χ0) is 23.2. The summed E-state index contributed by atoms with van der Waals surface area (Å²) < 4.78 is 5.59. The zero-order valence-corrected chi connectivity index (χ0v) is 19.1. The molecule has 2 aliphatic rings. The molecule has 0 bridgehead atoms. The fraction of sp³-hybridized carbons (Fsp3) is 0.346. The van der Waals surface area contributed by atoms with Gasteiger partial charge in [0, 0.05) is 41.0 Å². The minimum absolute atomic E-state index is 0.405.